The van der Waals surface area contributed by atoms with Crippen LogP contribution >= 0.6 is 0 Å². The molecule has 0 spiro atoms. The molecule has 1 aliphatic heterocycles. The minimum absolute atomic E-state index is 0.112. The molecule has 1 heterocycles. The van der Waals surface area contributed by atoms with E-state index in [4.69, 9.17) is 0 Å². The zero-order chi connectivity index (χ0) is 14.2. The van der Waals surface area contributed by atoms with Gasteiger partial charge < -0.3 is 10.2 Å². The Bertz CT molecular complexity index is 333. The first-order chi connectivity index (χ1) is 9.79. The molecular formula is C16H29N3O. The van der Waals surface area contributed by atoms with Crippen molar-refractivity contribution in [1.82, 2.24) is 15.1 Å². The van der Waals surface area contributed by atoms with Crippen LogP contribution in [0.15, 0.2) is 11.6 Å². The predicted octanol–water partition coefficient (Wildman–Crippen LogP) is 2.61. The van der Waals surface area contributed by atoms with Crippen molar-refractivity contribution in [3.8, 4) is 0 Å². The maximum absolute atomic E-state index is 11.9. The molecule has 20 heavy (non-hydrogen) atoms. The minimum Gasteiger partial charge on any atom is -0.338 e. The van der Waals surface area contributed by atoms with E-state index < -0.39 is 0 Å². The lowest BCUT2D eigenvalue weighted by Crippen LogP contribution is -2.52. The van der Waals surface area contributed by atoms with Crippen molar-refractivity contribution >= 4 is 6.03 Å². The third kappa shape index (κ3) is 4.82. The molecule has 114 valence electrons. The average molecular weight is 279 g/mol. The normalized spacial score (nSPS) is 20.6. The number of hydrogen-bond donors (Lipinski definition) is 1. The van der Waals surface area contributed by atoms with Gasteiger partial charge in [-0.15, -0.1) is 0 Å². The molecule has 0 radical (unpaired) electrons. The first-order valence-electron chi connectivity index (χ1n) is 8.22. The largest absolute Gasteiger partial charge is 0.338 e. The minimum atomic E-state index is 0.112. The second-order valence-corrected chi connectivity index (χ2v) is 5.92. The molecule has 0 unspecified atom stereocenters. The van der Waals surface area contributed by atoms with Gasteiger partial charge >= 0.3 is 6.03 Å². The molecule has 4 heteroatoms. The Labute approximate surface area is 123 Å². The molecule has 2 rings (SSSR count). The van der Waals surface area contributed by atoms with E-state index in [0.717, 1.165) is 45.7 Å². The molecular weight excluding hydrogens is 250 g/mol. The first kappa shape index (κ1) is 15.4. The van der Waals surface area contributed by atoms with Gasteiger partial charge in [-0.1, -0.05) is 18.6 Å². The summed E-state index contributed by atoms with van der Waals surface area (Å²) in [6.45, 7) is 7.81. The van der Waals surface area contributed by atoms with E-state index in [-0.39, 0.29) is 6.03 Å². The van der Waals surface area contributed by atoms with Crippen molar-refractivity contribution in [1.29, 1.82) is 0 Å². The van der Waals surface area contributed by atoms with Crippen molar-refractivity contribution in [3.63, 3.8) is 0 Å². The fourth-order valence-corrected chi connectivity index (χ4v) is 2.95. The van der Waals surface area contributed by atoms with Crippen LogP contribution in [0.5, 0.6) is 0 Å². The SMILES string of the molecule is CCCNC(=O)N1CCN(CCC2=CCCCC2)CC1. The Morgan fingerprint density at radius 1 is 1.25 bits per heavy atom. The summed E-state index contributed by atoms with van der Waals surface area (Å²) in [5.74, 6) is 0. The molecule has 0 saturated carbocycles. The highest BCUT2D eigenvalue weighted by Gasteiger charge is 2.20. The number of carbonyl (C=O) groups excluding carboxylic acids is 1. The monoisotopic (exact) mass is 279 g/mol. The summed E-state index contributed by atoms with van der Waals surface area (Å²) < 4.78 is 0. The van der Waals surface area contributed by atoms with Crippen molar-refractivity contribution < 1.29 is 4.79 Å². The van der Waals surface area contributed by atoms with Crippen LogP contribution in [0.2, 0.25) is 0 Å². The standard InChI is InChI=1S/C16H29N3O/c1-2-9-17-16(20)19-13-11-18(12-14-19)10-8-15-6-4-3-5-7-15/h6H,2-5,7-14H2,1H3,(H,17,20). The number of urea groups is 1. The molecule has 0 bridgehead atoms. The van der Waals surface area contributed by atoms with Gasteiger partial charge in [0, 0.05) is 39.3 Å². The molecule has 0 aromatic heterocycles. The molecule has 2 amide bonds. The Hall–Kier alpha value is -1.03. The quantitative estimate of drug-likeness (QED) is 0.785. The number of rotatable bonds is 5. The second-order valence-electron chi connectivity index (χ2n) is 5.92. The predicted molar refractivity (Wildman–Crippen MR) is 82.9 cm³/mol. The number of nitrogens with one attached hydrogen (secondary N) is 1. The summed E-state index contributed by atoms with van der Waals surface area (Å²) in [4.78, 5) is 16.3. The molecule has 1 N–H and O–H groups in total. The highest BCUT2D eigenvalue weighted by Crippen LogP contribution is 2.20. The highest BCUT2D eigenvalue weighted by atomic mass is 16.2. The maximum atomic E-state index is 11.9. The average Bonchev–Trinajstić information content (AvgIpc) is 2.52. The molecule has 2 aliphatic rings. The van der Waals surface area contributed by atoms with Gasteiger partial charge in [-0.3, -0.25) is 4.90 Å². The van der Waals surface area contributed by atoms with Crippen LogP contribution < -0.4 is 5.32 Å². The van der Waals surface area contributed by atoms with Crippen LogP contribution in [0.1, 0.15) is 45.4 Å². The summed E-state index contributed by atoms with van der Waals surface area (Å²) >= 11 is 0. The fourth-order valence-electron chi connectivity index (χ4n) is 2.95. The summed E-state index contributed by atoms with van der Waals surface area (Å²) in [7, 11) is 0. The van der Waals surface area contributed by atoms with Crippen molar-refractivity contribution in [3.05, 3.63) is 11.6 Å². The molecule has 0 atom stereocenters. The van der Waals surface area contributed by atoms with Gasteiger partial charge in [-0.05, 0) is 38.5 Å². The lowest BCUT2D eigenvalue weighted by Gasteiger charge is -2.35. The Balaban J connectivity index is 1.63. The zero-order valence-corrected chi connectivity index (χ0v) is 12.9. The maximum Gasteiger partial charge on any atom is 0.317 e. The molecule has 1 saturated heterocycles. The number of nitrogens with zero attached hydrogens (tertiary/aromatic N) is 2. The van der Waals surface area contributed by atoms with Gasteiger partial charge in [-0.25, -0.2) is 4.79 Å². The highest BCUT2D eigenvalue weighted by molar-refractivity contribution is 5.74. The van der Waals surface area contributed by atoms with Gasteiger partial charge in [0.15, 0.2) is 0 Å². The summed E-state index contributed by atoms with van der Waals surface area (Å²) in [6.07, 6.45) is 9.99. The lowest BCUT2D eigenvalue weighted by atomic mass is 9.97. The van der Waals surface area contributed by atoms with Crippen molar-refractivity contribution in [2.75, 3.05) is 39.3 Å². The van der Waals surface area contributed by atoms with E-state index in [9.17, 15) is 4.79 Å². The number of allylic oxidation sites excluding steroid dienone is 1. The number of carbonyl (C=O) groups is 1. The molecule has 1 aliphatic carbocycles. The summed E-state index contributed by atoms with van der Waals surface area (Å²) in [5.41, 5.74) is 1.65. The molecule has 0 aromatic carbocycles. The van der Waals surface area contributed by atoms with E-state index in [2.05, 4.69) is 23.2 Å². The van der Waals surface area contributed by atoms with E-state index >= 15 is 0 Å². The zero-order valence-electron chi connectivity index (χ0n) is 12.9. The van der Waals surface area contributed by atoms with Crippen LogP contribution in [-0.4, -0.2) is 55.1 Å². The molecule has 4 nitrogen and oxygen atoms in total. The van der Waals surface area contributed by atoms with E-state index in [1.165, 1.54) is 32.1 Å². The Morgan fingerprint density at radius 2 is 2.05 bits per heavy atom. The van der Waals surface area contributed by atoms with Crippen LogP contribution in [0, 0.1) is 0 Å². The van der Waals surface area contributed by atoms with Crippen LogP contribution in [-0.2, 0) is 0 Å². The second kappa shape index (κ2) is 8.30. The Morgan fingerprint density at radius 3 is 2.70 bits per heavy atom. The summed E-state index contributed by atoms with van der Waals surface area (Å²) in [5, 5.41) is 2.96. The summed E-state index contributed by atoms with van der Waals surface area (Å²) in [6, 6.07) is 0.112. The van der Waals surface area contributed by atoms with Crippen molar-refractivity contribution in [2.24, 2.45) is 0 Å². The van der Waals surface area contributed by atoms with Gasteiger partial charge in [0.25, 0.3) is 0 Å². The smallest absolute Gasteiger partial charge is 0.317 e. The molecule has 0 aromatic rings. The van der Waals surface area contributed by atoms with E-state index in [0.29, 0.717) is 0 Å². The fraction of sp³-hybridized carbons (Fsp3) is 0.812. The van der Waals surface area contributed by atoms with Gasteiger partial charge in [0.2, 0.25) is 0 Å². The topological polar surface area (TPSA) is 35.6 Å². The van der Waals surface area contributed by atoms with E-state index in [1.54, 1.807) is 5.57 Å². The number of hydrogen-bond acceptors (Lipinski definition) is 2. The van der Waals surface area contributed by atoms with Crippen LogP contribution in [0.3, 0.4) is 0 Å². The first-order valence-corrected chi connectivity index (χ1v) is 8.22. The van der Waals surface area contributed by atoms with Crippen molar-refractivity contribution in [2.45, 2.75) is 45.4 Å². The third-order valence-electron chi connectivity index (χ3n) is 4.32. The van der Waals surface area contributed by atoms with Crippen LogP contribution in [0.4, 0.5) is 4.79 Å². The van der Waals surface area contributed by atoms with Gasteiger partial charge in [0.1, 0.15) is 0 Å². The van der Waals surface area contributed by atoms with Gasteiger partial charge in [-0.2, -0.15) is 0 Å². The van der Waals surface area contributed by atoms with E-state index in [1.807, 2.05) is 4.90 Å². The molecule has 1 fully saturated rings. The third-order valence-corrected chi connectivity index (χ3v) is 4.32. The number of piperazine rings is 1. The number of amides is 2. The van der Waals surface area contributed by atoms with Gasteiger partial charge in [0.05, 0.1) is 0 Å². The van der Waals surface area contributed by atoms with Crippen LogP contribution in [0.25, 0.3) is 0 Å². The lowest BCUT2D eigenvalue weighted by molar-refractivity contribution is 0.140. The Kier molecular flexibility index (Phi) is 6.37.